The van der Waals surface area contributed by atoms with Gasteiger partial charge in [-0.25, -0.2) is 0 Å². The van der Waals surface area contributed by atoms with Crippen LogP contribution in [0.3, 0.4) is 0 Å². The first-order valence-corrected chi connectivity index (χ1v) is 5.05. The predicted octanol–water partition coefficient (Wildman–Crippen LogP) is -1.17. The average molecular weight is 364 g/mol. The summed E-state index contributed by atoms with van der Waals surface area (Å²) >= 11 is -6.11. The molecule has 0 amide bonds. The van der Waals surface area contributed by atoms with Crippen LogP contribution in [0.25, 0.3) is 0 Å². The molecule has 0 aliphatic carbocycles. The fourth-order valence-electron chi connectivity index (χ4n) is 0. The van der Waals surface area contributed by atoms with Gasteiger partial charge >= 0.3 is 30.0 Å². The summed E-state index contributed by atoms with van der Waals surface area (Å²) in [5, 5.41) is 0. The fraction of sp³-hybridized carbons (Fsp3) is 0. The van der Waals surface area contributed by atoms with Gasteiger partial charge in [0.2, 0.25) is 0 Å². The number of rotatable bonds is 0. The van der Waals surface area contributed by atoms with E-state index >= 15 is 0 Å². The van der Waals surface area contributed by atoms with Gasteiger partial charge in [-0.1, -0.05) is 0 Å². The molecule has 0 aromatic rings. The van der Waals surface area contributed by atoms with Crippen LogP contribution in [0.15, 0.2) is 0 Å². The molecule has 0 saturated carbocycles. The van der Waals surface area contributed by atoms with Crippen molar-refractivity contribution in [3.05, 3.63) is 0 Å². The molecular weight excluding hydrogens is 360 g/mol. The first-order valence-electron chi connectivity index (χ1n) is 0.617. The molecule has 0 spiro atoms. The first kappa shape index (κ1) is 15.6. The van der Waals surface area contributed by atoms with Gasteiger partial charge in [-0.15, -0.1) is 0 Å². The van der Waals surface area contributed by atoms with Gasteiger partial charge < -0.3 is 6.15 Å². The van der Waals surface area contributed by atoms with Gasteiger partial charge in [-0.05, 0) is 0 Å². The van der Waals surface area contributed by atoms with Crippen molar-refractivity contribution in [3.8, 4) is 0 Å². The molecule has 0 aliphatic rings. The molecule has 0 radical (unpaired) electrons. The van der Waals surface area contributed by atoms with Crippen LogP contribution in [0.1, 0.15) is 0 Å². The van der Waals surface area contributed by atoms with Crippen LogP contribution in [-0.2, 0) is 47.3 Å². The van der Waals surface area contributed by atoms with E-state index in [1.807, 2.05) is 0 Å². The first-order chi connectivity index (χ1) is 2.00. The Kier molecular flexibility index (Phi) is 10.8. The monoisotopic (exact) mass is 367 g/mol. The van der Waals surface area contributed by atoms with Crippen LogP contribution in [0, 0.1) is 0 Å². The molecule has 0 aromatic carbocycles. The van der Waals surface area contributed by atoms with E-state index in [4.69, 9.17) is 14.2 Å². The third-order valence-electron chi connectivity index (χ3n) is 0. The Labute approximate surface area is 57.3 Å². The van der Waals surface area contributed by atoms with Gasteiger partial charge in [0, 0.05) is 21.1 Å². The molecule has 46 valence electrons. The van der Waals surface area contributed by atoms with Crippen LogP contribution in [0.5, 0.6) is 0 Å². The molecule has 0 bridgehead atoms. The normalized spacial score (nSPS) is 8.14. The average Bonchev–Trinajstić information content (AvgIpc) is 0.722. The van der Waals surface area contributed by atoms with Crippen molar-refractivity contribution in [1.82, 2.24) is 6.15 Å². The van der Waals surface area contributed by atoms with Crippen molar-refractivity contribution < 1.29 is 51.1 Å². The summed E-state index contributed by atoms with van der Waals surface area (Å²) in [5.74, 6) is 0. The third-order valence-corrected chi connectivity index (χ3v) is 0. The zero-order valence-corrected chi connectivity index (χ0v) is 8.14. The minimum atomic E-state index is -6.11. The molecule has 7 heteroatoms. The molecule has 0 unspecified atom stereocenters. The van der Waals surface area contributed by atoms with E-state index in [9.17, 15) is 0 Å². The second-order valence-corrected chi connectivity index (χ2v) is 3.09. The molecule has 0 rings (SSSR count). The number of quaternary nitrogens is 1. The summed E-state index contributed by atoms with van der Waals surface area (Å²) in [7, 11) is 0. The molecule has 0 aliphatic heterocycles. The van der Waals surface area contributed by atoms with E-state index in [1.54, 1.807) is 0 Å². The van der Waals surface area contributed by atoms with Crippen LogP contribution in [-0.4, -0.2) is 0 Å². The zero-order valence-electron chi connectivity index (χ0n) is 3.42. The Morgan fingerprint density at radius 1 is 1.14 bits per heavy atom. The topological polar surface area (TPSA) is 111 Å². The van der Waals surface area contributed by atoms with E-state index in [0.29, 0.717) is 0 Å². The van der Waals surface area contributed by atoms with Gasteiger partial charge in [-0.3, -0.25) is 0 Å². The van der Waals surface area contributed by atoms with Gasteiger partial charge in [-0.2, -0.15) is 0 Å². The zero-order chi connectivity index (χ0) is 4.50. The van der Waals surface area contributed by atoms with Gasteiger partial charge in [0.15, 0.2) is 0 Å². The summed E-state index contributed by atoms with van der Waals surface area (Å²) in [5.41, 5.74) is 0. The fourth-order valence-corrected chi connectivity index (χ4v) is 0. The van der Waals surface area contributed by atoms with Crippen molar-refractivity contribution in [2.24, 2.45) is 0 Å². The van der Waals surface area contributed by atoms with Gasteiger partial charge in [0.25, 0.3) is 0 Å². The molecule has 0 aromatic heterocycles. The summed E-state index contributed by atoms with van der Waals surface area (Å²) in [4.78, 5) is 0. The second-order valence-electron chi connectivity index (χ2n) is 0.378. The summed E-state index contributed by atoms with van der Waals surface area (Å²) < 4.78 is 34.6. The van der Waals surface area contributed by atoms with E-state index in [2.05, 4.69) is 0 Å². The molecule has 0 atom stereocenters. The quantitative estimate of drug-likeness (QED) is 0.546. The van der Waals surface area contributed by atoms with Gasteiger partial charge in [0.1, 0.15) is 0 Å². The summed E-state index contributed by atoms with van der Waals surface area (Å²) in [6.45, 7) is 0. The summed E-state index contributed by atoms with van der Waals surface area (Å²) in [6.07, 6.45) is 0. The molecular formula is H4MoNO4Re. The third kappa shape index (κ3) is 324. The van der Waals surface area contributed by atoms with Crippen LogP contribution < -0.4 is 9.98 Å². The van der Waals surface area contributed by atoms with Crippen LogP contribution >= 0.6 is 0 Å². The number of hydrogen-bond acceptors (Lipinski definition) is 4. The van der Waals surface area contributed by atoms with Crippen molar-refractivity contribution in [2.45, 2.75) is 0 Å². The van der Waals surface area contributed by atoms with Crippen molar-refractivity contribution in [2.75, 3.05) is 0 Å². The molecule has 4 N–H and O–H groups in total. The minimum absolute atomic E-state index is 0. The van der Waals surface area contributed by atoms with E-state index in [0.717, 1.165) is 0 Å². The Morgan fingerprint density at radius 2 is 1.14 bits per heavy atom. The van der Waals surface area contributed by atoms with E-state index in [-0.39, 0.29) is 27.2 Å². The van der Waals surface area contributed by atoms with E-state index < -0.39 is 15.8 Å². The maximum absolute atomic E-state index is 8.64. The Morgan fingerprint density at radius 3 is 1.14 bits per heavy atom. The molecule has 5 nitrogen and oxygen atoms in total. The number of hydrogen-bond donors (Lipinski definition) is 1. The van der Waals surface area contributed by atoms with Crippen LogP contribution in [0.4, 0.5) is 0 Å². The van der Waals surface area contributed by atoms with E-state index in [1.165, 1.54) is 0 Å². The van der Waals surface area contributed by atoms with Crippen molar-refractivity contribution in [3.63, 3.8) is 0 Å². The second kappa shape index (κ2) is 4.82. The Balaban J connectivity index is -0.0000000800. The SMILES string of the molecule is [Mo].[NH4+].[O]=[Re](=[O])(=[O])[O-]. The molecule has 0 saturated heterocycles. The maximum atomic E-state index is 8.64. The standard InChI is InChI=1S/Mo.H3N.4O.Re/h;1H3;;;;;/q;;;;;-1;/p+1. The van der Waals surface area contributed by atoms with Gasteiger partial charge in [0.05, 0.1) is 0 Å². The Hall–Kier alpha value is 0.671. The van der Waals surface area contributed by atoms with Crippen molar-refractivity contribution in [1.29, 1.82) is 0 Å². The van der Waals surface area contributed by atoms with Crippen molar-refractivity contribution >= 4 is 0 Å². The van der Waals surface area contributed by atoms with Crippen LogP contribution in [0.2, 0.25) is 0 Å². The Bertz CT molecular complexity index is 133. The molecule has 0 fully saturated rings. The summed E-state index contributed by atoms with van der Waals surface area (Å²) in [6, 6.07) is 0. The predicted molar refractivity (Wildman–Crippen MR) is 8.04 cm³/mol. The molecule has 7 heavy (non-hydrogen) atoms. The molecule has 0 heterocycles.